The van der Waals surface area contributed by atoms with E-state index >= 15 is 0 Å². The van der Waals surface area contributed by atoms with Gasteiger partial charge in [-0.2, -0.15) is 0 Å². The lowest BCUT2D eigenvalue weighted by molar-refractivity contribution is -0.131. The number of hydrogen-bond acceptors (Lipinski definition) is 5. The lowest BCUT2D eigenvalue weighted by Gasteiger charge is -2.04. The maximum Gasteiger partial charge on any atom is 0.277 e. The van der Waals surface area contributed by atoms with Gasteiger partial charge in [0.1, 0.15) is 5.52 Å². The highest BCUT2D eigenvalue weighted by Gasteiger charge is 2.07. The molecule has 2 aromatic rings. The maximum absolute atomic E-state index is 12.0. The molecule has 0 saturated heterocycles. The van der Waals surface area contributed by atoms with E-state index in [9.17, 15) is 9.59 Å². The Hall–Kier alpha value is -2.28. The van der Waals surface area contributed by atoms with E-state index in [0.717, 1.165) is 4.68 Å². The van der Waals surface area contributed by atoms with E-state index in [1.807, 2.05) is 0 Å². The van der Waals surface area contributed by atoms with Gasteiger partial charge in [0.25, 0.3) is 5.56 Å². The largest absolute Gasteiger partial charge is 0.277 e. The Morgan fingerprint density at radius 3 is 3.00 bits per heavy atom. The predicted octanol–water partition coefficient (Wildman–Crippen LogP) is -0.141. The molecule has 0 unspecified atom stereocenters. The fraction of sp³-hybridized carbons (Fsp3) is 0.273. The summed E-state index contributed by atoms with van der Waals surface area (Å²) in [6.07, 6.45) is 0.0980. The molecule has 2 rings (SSSR count). The zero-order valence-corrected chi connectivity index (χ0v) is 9.79. The van der Waals surface area contributed by atoms with Gasteiger partial charge in [0.15, 0.2) is 0 Å². The smallest absolute Gasteiger partial charge is 0.277 e. The quantitative estimate of drug-likeness (QED) is 0.761. The number of aryl methyl sites for hydroxylation is 1. The number of carbonyl (C=O) groups excluding carboxylic acids is 1. The second kappa shape index (κ2) is 5.37. The first-order valence-corrected chi connectivity index (χ1v) is 5.36. The number of hydroxylamine groups is 1. The van der Waals surface area contributed by atoms with Crippen LogP contribution in [0.4, 0.5) is 0 Å². The predicted molar refractivity (Wildman–Crippen MR) is 63.6 cm³/mol. The van der Waals surface area contributed by atoms with Crippen molar-refractivity contribution in [2.75, 3.05) is 7.11 Å². The number of rotatable bonds is 4. The highest BCUT2D eigenvalue weighted by atomic mass is 16.6. The van der Waals surface area contributed by atoms with Gasteiger partial charge in [-0.05, 0) is 12.1 Å². The van der Waals surface area contributed by atoms with Crippen LogP contribution in [-0.2, 0) is 16.2 Å². The summed E-state index contributed by atoms with van der Waals surface area (Å²) >= 11 is 0. The summed E-state index contributed by atoms with van der Waals surface area (Å²) < 4.78 is 1.16. The third kappa shape index (κ3) is 2.51. The summed E-state index contributed by atoms with van der Waals surface area (Å²) in [7, 11) is 1.35. The van der Waals surface area contributed by atoms with Crippen LogP contribution < -0.4 is 11.0 Å². The average molecular weight is 248 g/mol. The molecule has 0 fully saturated rings. The average Bonchev–Trinajstić information content (AvgIpc) is 2.39. The Morgan fingerprint density at radius 2 is 2.22 bits per heavy atom. The van der Waals surface area contributed by atoms with E-state index in [-0.39, 0.29) is 24.4 Å². The van der Waals surface area contributed by atoms with Crippen LogP contribution in [0.3, 0.4) is 0 Å². The Labute approximate surface area is 102 Å². The molecule has 0 atom stereocenters. The molecule has 0 spiro atoms. The Kier molecular flexibility index (Phi) is 3.63. The standard InChI is InChI=1S/C11H12N4O3/c1-18-13-10(16)6-7-15-11(17)8-4-2-3-5-9(8)12-14-15/h2-5H,6-7H2,1H3,(H,13,16). The van der Waals surface area contributed by atoms with Crippen molar-refractivity contribution in [3.05, 3.63) is 34.6 Å². The lowest BCUT2D eigenvalue weighted by Crippen LogP contribution is -2.28. The summed E-state index contributed by atoms with van der Waals surface area (Å²) in [5.41, 5.74) is 2.45. The first-order valence-electron chi connectivity index (χ1n) is 5.36. The Morgan fingerprint density at radius 1 is 1.44 bits per heavy atom. The van der Waals surface area contributed by atoms with Crippen LogP contribution in [0.25, 0.3) is 10.9 Å². The molecule has 1 heterocycles. The van der Waals surface area contributed by atoms with Gasteiger partial charge in [-0.15, -0.1) is 5.10 Å². The first kappa shape index (κ1) is 12.2. The van der Waals surface area contributed by atoms with Crippen LogP contribution in [0, 0.1) is 0 Å². The molecule has 0 aliphatic rings. The SMILES string of the molecule is CONC(=O)CCn1nnc2ccccc2c1=O. The number of nitrogens with zero attached hydrogens (tertiary/aromatic N) is 3. The van der Waals surface area contributed by atoms with E-state index in [0.29, 0.717) is 10.9 Å². The number of nitrogens with one attached hydrogen (secondary N) is 1. The van der Waals surface area contributed by atoms with Gasteiger partial charge in [0, 0.05) is 6.42 Å². The van der Waals surface area contributed by atoms with E-state index < -0.39 is 0 Å². The van der Waals surface area contributed by atoms with E-state index in [4.69, 9.17) is 0 Å². The van der Waals surface area contributed by atoms with Crippen molar-refractivity contribution in [1.29, 1.82) is 0 Å². The van der Waals surface area contributed by atoms with Gasteiger partial charge in [0.2, 0.25) is 5.91 Å². The summed E-state index contributed by atoms with van der Waals surface area (Å²) in [6, 6.07) is 6.93. The van der Waals surface area contributed by atoms with Crippen molar-refractivity contribution < 1.29 is 9.63 Å². The number of benzene rings is 1. The lowest BCUT2D eigenvalue weighted by atomic mass is 10.2. The van der Waals surface area contributed by atoms with E-state index in [1.54, 1.807) is 24.3 Å². The summed E-state index contributed by atoms with van der Waals surface area (Å²) in [6.45, 7) is 0.159. The molecule has 0 radical (unpaired) electrons. The minimum atomic E-state index is -0.320. The zero-order valence-electron chi connectivity index (χ0n) is 9.79. The number of amides is 1. The molecule has 0 aliphatic carbocycles. The van der Waals surface area contributed by atoms with Crippen LogP contribution in [0.2, 0.25) is 0 Å². The topological polar surface area (TPSA) is 86.1 Å². The van der Waals surface area contributed by atoms with E-state index in [1.165, 1.54) is 7.11 Å². The molecular weight excluding hydrogens is 236 g/mol. The van der Waals surface area contributed by atoms with Crippen LogP contribution >= 0.6 is 0 Å². The van der Waals surface area contributed by atoms with Gasteiger partial charge >= 0.3 is 0 Å². The molecule has 7 heteroatoms. The summed E-state index contributed by atoms with van der Waals surface area (Å²) in [5, 5.41) is 8.17. The van der Waals surface area contributed by atoms with Gasteiger partial charge in [0.05, 0.1) is 19.0 Å². The van der Waals surface area contributed by atoms with Crippen LogP contribution in [0.5, 0.6) is 0 Å². The fourth-order valence-corrected chi connectivity index (χ4v) is 1.54. The molecule has 7 nitrogen and oxygen atoms in total. The zero-order chi connectivity index (χ0) is 13.0. The van der Waals surface area contributed by atoms with Crippen molar-refractivity contribution in [3.8, 4) is 0 Å². The molecule has 0 saturated carbocycles. The molecule has 94 valence electrons. The highest BCUT2D eigenvalue weighted by Crippen LogP contribution is 2.03. The maximum atomic E-state index is 12.0. The fourth-order valence-electron chi connectivity index (χ4n) is 1.54. The molecule has 1 amide bonds. The molecular formula is C11H12N4O3. The first-order chi connectivity index (χ1) is 8.72. The Bertz CT molecular complexity index is 623. The molecule has 0 bridgehead atoms. The van der Waals surface area contributed by atoms with E-state index in [2.05, 4.69) is 20.6 Å². The normalized spacial score (nSPS) is 10.5. The minimum Gasteiger partial charge on any atom is -0.277 e. The Balaban J connectivity index is 2.22. The van der Waals surface area contributed by atoms with Crippen molar-refractivity contribution in [2.24, 2.45) is 0 Å². The van der Waals surface area contributed by atoms with Crippen LogP contribution in [-0.4, -0.2) is 28.0 Å². The molecule has 0 aliphatic heterocycles. The van der Waals surface area contributed by atoms with Crippen LogP contribution in [0.15, 0.2) is 29.1 Å². The van der Waals surface area contributed by atoms with Gasteiger partial charge < -0.3 is 0 Å². The van der Waals surface area contributed by atoms with Crippen LogP contribution in [0.1, 0.15) is 6.42 Å². The van der Waals surface area contributed by atoms with Crippen molar-refractivity contribution >= 4 is 16.8 Å². The van der Waals surface area contributed by atoms with Crippen molar-refractivity contribution in [1.82, 2.24) is 20.5 Å². The second-order valence-corrected chi connectivity index (χ2v) is 3.61. The number of hydrogen-bond donors (Lipinski definition) is 1. The van der Waals surface area contributed by atoms with Gasteiger partial charge in [-0.1, -0.05) is 17.3 Å². The third-order valence-electron chi connectivity index (χ3n) is 2.40. The summed E-state index contributed by atoms with van der Waals surface area (Å²) in [5.74, 6) is -0.320. The molecule has 18 heavy (non-hydrogen) atoms. The number of carbonyl (C=O) groups is 1. The minimum absolute atomic E-state index is 0.0980. The molecule has 1 aromatic carbocycles. The number of fused-ring (bicyclic) bond motifs is 1. The van der Waals surface area contributed by atoms with Gasteiger partial charge in [-0.3, -0.25) is 14.4 Å². The summed E-state index contributed by atoms with van der Waals surface area (Å²) in [4.78, 5) is 27.7. The molecule has 1 aromatic heterocycles. The van der Waals surface area contributed by atoms with Crippen molar-refractivity contribution in [3.63, 3.8) is 0 Å². The van der Waals surface area contributed by atoms with Gasteiger partial charge in [-0.25, -0.2) is 10.2 Å². The molecule has 1 N–H and O–H groups in total. The second-order valence-electron chi connectivity index (χ2n) is 3.61. The third-order valence-corrected chi connectivity index (χ3v) is 2.40. The number of aromatic nitrogens is 3. The van der Waals surface area contributed by atoms with Crippen molar-refractivity contribution in [2.45, 2.75) is 13.0 Å². The highest BCUT2D eigenvalue weighted by molar-refractivity contribution is 5.76. The monoisotopic (exact) mass is 248 g/mol.